The first kappa shape index (κ1) is 9.44. The predicted octanol–water partition coefficient (Wildman–Crippen LogP) is 2.47. The van der Waals surface area contributed by atoms with Gasteiger partial charge in [-0.1, -0.05) is 13.3 Å². The molecule has 0 saturated heterocycles. The van der Waals surface area contributed by atoms with Crippen molar-refractivity contribution in [2.45, 2.75) is 38.6 Å². The molecule has 0 bridgehead atoms. The number of rotatable bonds is 4. The highest BCUT2D eigenvalue weighted by Gasteiger charge is 2.25. The number of hydrogen-bond acceptors (Lipinski definition) is 3. The number of nitrogens with one attached hydrogen (secondary N) is 1. The fraction of sp³-hybridized carbons (Fsp3) is 0.636. The topological polar surface area (TPSA) is 37.8 Å². The Labute approximate surface area is 85.0 Å². The molecule has 1 aromatic heterocycles. The van der Waals surface area contributed by atoms with Gasteiger partial charge >= 0.3 is 0 Å². The van der Waals surface area contributed by atoms with Gasteiger partial charge < -0.3 is 5.32 Å². The van der Waals surface area contributed by atoms with Gasteiger partial charge in [0, 0.05) is 6.04 Å². The van der Waals surface area contributed by atoms with E-state index in [2.05, 4.69) is 22.2 Å². The third-order valence-electron chi connectivity index (χ3n) is 3.07. The molecule has 1 unspecified atom stereocenters. The van der Waals surface area contributed by atoms with Gasteiger partial charge in [-0.25, -0.2) is 9.97 Å². The highest BCUT2D eigenvalue weighted by atomic mass is 15.0. The van der Waals surface area contributed by atoms with Crippen molar-refractivity contribution in [1.82, 2.24) is 9.97 Å². The van der Waals surface area contributed by atoms with Crippen molar-refractivity contribution in [2.24, 2.45) is 5.92 Å². The van der Waals surface area contributed by atoms with Crippen molar-refractivity contribution in [2.75, 3.05) is 5.32 Å². The molecule has 0 aliphatic heterocycles. The van der Waals surface area contributed by atoms with Crippen LogP contribution in [-0.2, 0) is 0 Å². The van der Waals surface area contributed by atoms with Gasteiger partial charge in [-0.2, -0.15) is 0 Å². The zero-order chi connectivity index (χ0) is 9.80. The van der Waals surface area contributed by atoms with Crippen molar-refractivity contribution in [3.8, 4) is 0 Å². The van der Waals surface area contributed by atoms with E-state index in [4.69, 9.17) is 0 Å². The number of aromatic nitrogens is 2. The zero-order valence-corrected chi connectivity index (χ0v) is 8.61. The molecule has 1 heterocycles. The van der Waals surface area contributed by atoms with Gasteiger partial charge in [-0.15, -0.1) is 0 Å². The van der Waals surface area contributed by atoms with Crippen molar-refractivity contribution < 1.29 is 0 Å². The summed E-state index contributed by atoms with van der Waals surface area (Å²) >= 11 is 0. The molecule has 1 aromatic rings. The molecule has 3 heteroatoms. The number of hydrogen-bond donors (Lipinski definition) is 1. The second-order valence-corrected chi connectivity index (χ2v) is 3.98. The van der Waals surface area contributed by atoms with Crippen LogP contribution in [0.5, 0.6) is 0 Å². The Hall–Kier alpha value is -1.12. The fourth-order valence-electron chi connectivity index (χ4n) is 1.98. The standard InChI is InChI=1S/C11H17N3/c1-2-11(9-4-3-5-9)14-10-6-12-8-13-7-10/h6-9,11,14H,2-5H2,1H3. The summed E-state index contributed by atoms with van der Waals surface area (Å²) in [6.07, 6.45) is 10.6. The smallest absolute Gasteiger partial charge is 0.115 e. The van der Waals surface area contributed by atoms with E-state index in [1.807, 2.05) is 12.4 Å². The Bertz CT molecular complexity index is 269. The molecule has 1 N–H and O–H groups in total. The summed E-state index contributed by atoms with van der Waals surface area (Å²) in [5.74, 6) is 0.861. The van der Waals surface area contributed by atoms with Crippen LogP contribution in [-0.4, -0.2) is 16.0 Å². The lowest BCUT2D eigenvalue weighted by Gasteiger charge is -2.34. The Balaban J connectivity index is 1.94. The fourth-order valence-corrected chi connectivity index (χ4v) is 1.98. The van der Waals surface area contributed by atoms with E-state index in [-0.39, 0.29) is 0 Å². The Morgan fingerprint density at radius 2 is 2.14 bits per heavy atom. The van der Waals surface area contributed by atoms with E-state index < -0.39 is 0 Å². The molecule has 0 spiro atoms. The van der Waals surface area contributed by atoms with Crippen LogP contribution in [0.3, 0.4) is 0 Å². The largest absolute Gasteiger partial charge is 0.380 e. The molecule has 1 saturated carbocycles. The lowest BCUT2D eigenvalue weighted by atomic mass is 9.79. The molecule has 1 aliphatic carbocycles. The van der Waals surface area contributed by atoms with Gasteiger partial charge in [0.1, 0.15) is 6.33 Å². The van der Waals surface area contributed by atoms with Crippen LogP contribution in [0.4, 0.5) is 5.69 Å². The molecule has 2 rings (SSSR count). The van der Waals surface area contributed by atoms with Crippen LogP contribution in [0.15, 0.2) is 18.7 Å². The third kappa shape index (κ3) is 2.03. The Morgan fingerprint density at radius 1 is 1.43 bits per heavy atom. The van der Waals surface area contributed by atoms with E-state index in [9.17, 15) is 0 Å². The molecule has 0 aromatic carbocycles. The van der Waals surface area contributed by atoms with Crippen LogP contribution in [0, 0.1) is 5.92 Å². The minimum absolute atomic E-state index is 0.606. The zero-order valence-electron chi connectivity index (χ0n) is 8.61. The summed E-state index contributed by atoms with van der Waals surface area (Å²) in [5, 5.41) is 3.51. The minimum atomic E-state index is 0.606. The predicted molar refractivity (Wildman–Crippen MR) is 57.1 cm³/mol. The van der Waals surface area contributed by atoms with Gasteiger partial charge in [0.2, 0.25) is 0 Å². The van der Waals surface area contributed by atoms with Crippen molar-refractivity contribution >= 4 is 5.69 Å². The first-order valence-corrected chi connectivity index (χ1v) is 5.41. The molecule has 3 nitrogen and oxygen atoms in total. The van der Waals surface area contributed by atoms with E-state index in [1.165, 1.54) is 25.7 Å². The normalized spacial score (nSPS) is 18.6. The van der Waals surface area contributed by atoms with E-state index >= 15 is 0 Å². The quantitative estimate of drug-likeness (QED) is 0.794. The molecule has 0 radical (unpaired) electrons. The van der Waals surface area contributed by atoms with Crippen LogP contribution >= 0.6 is 0 Å². The van der Waals surface area contributed by atoms with Gasteiger partial charge in [0.05, 0.1) is 18.1 Å². The van der Waals surface area contributed by atoms with Gasteiger partial charge in [0.25, 0.3) is 0 Å². The van der Waals surface area contributed by atoms with Crippen LogP contribution in [0.1, 0.15) is 32.6 Å². The lowest BCUT2D eigenvalue weighted by molar-refractivity contribution is 0.270. The van der Waals surface area contributed by atoms with Crippen LogP contribution < -0.4 is 5.32 Å². The maximum atomic E-state index is 4.00. The first-order valence-electron chi connectivity index (χ1n) is 5.41. The van der Waals surface area contributed by atoms with Gasteiger partial charge in [0.15, 0.2) is 0 Å². The minimum Gasteiger partial charge on any atom is -0.380 e. The number of anilines is 1. The highest BCUT2D eigenvalue weighted by molar-refractivity contribution is 5.38. The van der Waals surface area contributed by atoms with Gasteiger partial charge in [-0.3, -0.25) is 0 Å². The van der Waals surface area contributed by atoms with Crippen molar-refractivity contribution in [3.05, 3.63) is 18.7 Å². The van der Waals surface area contributed by atoms with Crippen LogP contribution in [0.25, 0.3) is 0 Å². The summed E-state index contributed by atoms with van der Waals surface area (Å²) < 4.78 is 0. The second-order valence-electron chi connectivity index (χ2n) is 3.98. The number of nitrogens with zero attached hydrogens (tertiary/aromatic N) is 2. The average Bonchev–Trinajstić information content (AvgIpc) is 2.15. The summed E-state index contributed by atoms with van der Waals surface area (Å²) in [7, 11) is 0. The summed E-state index contributed by atoms with van der Waals surface area (Å²) in [4.78, 5) is 8.00. The Kier molecular flexibility index (Phi) is 2.96. The molecule has 76 valence electrons. The summed E-state index contributed by atoms with van der Waals surface area (Å²) in [6.45, 7) is 2.24. The summed E-state index contributed by atoms with van der Waals surface area (Å²) in [6, 6.07) is 0.606. The second kappa shape index (κ2) is 4.40. The van der Waals surface area contributed by atoms with E-state index in [0.29, 0.717) is 6.04 Å². The van der Waals surface area contributed by atoms with E-state index in [0.717, 1.165) is 11.6 Å². The Morgan fingerprint density at radius 3 is 2.64 bits per heavy atom. The SMILES string of the molecule is CCC(Nc1cncnc1)C1CCC1. The molecule has 0 amide bonds. The lowest BCUT2D eigenvalue weighted by Crippen LogP contribution is -2.33. The van der Waals surface area contributed by atoms with Crippen LogP contribution in [0.2, 0.25) is 0 Å². The van der Waals surface area contributed by atoms with Gasteiger partial charge in [-0.05, 0) is 25.2 Å². The van der Waals surface area contributed by atoms with Crippen molar-refractivity contribution in [3.63, 3.8) is 0 Å². The molecule has 1 aliphatic rings. The molecule has 1 fully saturated rings. The monoisotopic (exact) mass is 191 g/mol. The molecular formula is C11H17N3. The maximum Gasteiger partial charge on any atom is 0.115 e. The molecule has 14 heavy (non-hydrogen) atoms. The third-order valence-corrected chi connectivity index (χ3v) is 3.07. The highest BCUT2D eigenvalue weighted by Crippen LogP contribution is 2.32. The first-order chi connectivity index (χ1) is 6.90. The molecular weight excluding hydrogens is 174 g/mol. The van der Waals surface area contributed by atoms with Crippen molar-refractivity contribution in [1.29, 1.82) is 0 Å². The van der Waals surface area contributed by atoms with E-state index in [1.54, 1.807) is 6.33 Å². The summed E-state index contributed by atoms with van der Waals surface area (Å²) in [5.41, 5.74) is 1.05. The average molecular weight is 191 g/mol. The molecule has 1 atom stereocenters. The maximum absolute atomic E-state index is 4.00.